The van der Waals surface area contributed by atoms with Crippen LogP contribution in [0.5, 0.6) is 0 Å². The Hall–Kier alpha value is -1.59. The smallest absolute Gasteiger partial charge is 0.407 e. The van der Waals surface area contributed by atoms with Gasteiger partial charge in [-0.05, 0) is 38.2 Å². The molecule has 0 saturated carbocycles. The van der Waals surface area contributed by atoms with Crippen LogP contribution in [0.3, 0.4) is 0 Å². The van der Waals surface area contributed by atoms with Crippen molar-refractivity contribution >= 4 is 6.09 Å². The molecular weight excluding hydrogens is 316 g/mol. The van der Waals surface area contributed by atoms with Crippen molar-refractivity contribution in [1.29, 1.82) is 0 Å². The average molecular weight is 351 g/mol. The molecule has 5 heteroatoms. The zero-order valence-corrected chi connectivity index (χ0v) is 16.4. The summed E-state index contributed by atoms with van der Waals surface area (Å²) in [5.41, 5.74) is 0.614. The third-order valence-corrected chi connectivity index (χ3v) is 3.47. The first kappa shape index (κ1) is 21.5. The molecule has 142 valence electrons. The lowest BCUT2D eigenvalue weighted by Gasteiger charge is -2.28. The number of carbonyl (C=O) groups excluding carboxylic acids is 1. The van der Waals surface area contributed by atoms with Gasteiger partial charge >= 0.3 is 6.09 Å². The standard InChI is InChI=1S/C20H34N2O3/c1-19(2,3)14-21-13-17(23)16(12-15-10-8-7-9-11-15)22-18(24)25-20(4,5)6/h7-11,16-17,21,23H,12-14H2,1-6H3,(H,22,24)/t16-,17+/m0/s1. The molecule has 0 aromatic heterocycles. The summed E-state index contributed by atoms with van der Waals surface area (Å²) in [7, 11) is 0. The second kappa shape index (κ2) is 9.20. The van der Waals surface area contributed by atoms with E-state index in [0.29, 0.717) is 13.0 Å². The minimum atomic E-state index is -0.713. The molecule has 0 bridgehead atoms. The summed E-state index contributed by atoms with van der Waals surface area (Å²) >= 11 is 0. The van der Waals surface area contributed by atoms with Gasteiger partial charge < -0.3 is 20.5 Å². The van der Waals surface area contributed by atoms with Gasteiger partial charge in [-0.15, -0.1) is 0 Å². The molecule has 1 aromatic rings. The van der Waals surface area contributed by atoms with Gasteiger partial charge in [0.2, 0.25) is 0 Å². The van der Waals surface area contributed by atoms with Crippen molar-refractivity contribution in [3.63, 3.8) is 0 Å². The van der Waals surface area contributed by atoms with Crippen molar-refractivity contribution in [2.24, 2.45) is 5.41 Å². The molecule has 0 aliphatic rings. The number of aliphatic hydroxyl groups is 1. The van der Waals surface area contributed by atoms with Gasteiger partial charge in [0, 0.05) is 13.1 Å². The highest BCUT2D eigenvalue weighted by Gasteiger charge is 2.25. The van der Waals surface area contributed by atoms with Crippen molar-refractivity contribution < 1.29 is 14.6 Å². The number of aliphatic hydroxyl groups excluding tert-OH is 1. The molecule has 1 amide bonds. The molecule has 0 spiro atoms. The zero-order chi connectivity index (χ0) is 19.1. The van der Waals surface area contributed by atoms with E-state index in [1.807, 2.05) is 51.1 Å². The topological polar surface area (TPSA) is 70.6 Å². The van der Waals surface area contributed by atoms with Crippen molar-refractivity contribution in [3.05, 3.63) is 35.9 Å². The van der Waals surface area contributed by atoms with Crippen LogP contribution in [-0.4, -0.2) is 42.0 Å². The number of amides is 1. The summed E-state index contributed by atoms with van der Waals surface area (Å²) in [6, 6.07) is 9.39. The van der Waals surface area contributed by atoms with Crippen LogP contribution in [0, 0.1) is 5.41 Å². The summed E-state index contributed by atoms with van der Waals surface area (Å²) in [6.07, 6.45) is -0.684. The van der Waals surface area contributed by atoms with Crippen LogP contribution in [0.1, 0.15) is 47.1 Å². The number of hydrogen-bond acceptors (Lipinski definition) is 4. The van der Waals surface area contributed by atoms with Crippen molar-refractivity contribution in [2.75, 3.05) is 13.1 Å². The minimum Gasteiger partial charge on any atom is -0.444 e. The van der Waals surface area contributed by atoms with E-state index in [1.165, 1.54) is 0 Å². The van der Waals surface area contributed by atoms with E-state index in [9.17, 15) is 9.90 Å². The van der Waals surface area contributed by atoms with Crippen LogP contribution in [0.2, 0.25) is 0 Å². The molecule has 1 aromatic carbocycles. The molecule has 3 N–H and O–H groups in total. The number of nitrogens with one attached hydrogen (secondary N) is 2. The van der Waals surface area contributed by atoms with Crippen molar-refractivity contribution in [1.82, 2.24) is 10.6 Å². The maximum Gasteiger partial charge on any atom is 0.407 e. The first-order valence-electron chi connectivity index (χ1n) is 8.88. The third-order valence-electron chi connectivity index (χ3n) is 3.47. The average Bonchev–Trinajstić information content (AvgIpc) is 2.44. The van der Waals surface area contributed by atoms with Crippen LogP contribution in [0.15, 0.2) is 30.3 Å². The Bertz CT molecular complexity index is 518. The fraction of sp³-hybridized carbons (Fsp3) is 0.650. The van der Waals surface area contributed by atoms with Gasteiger partial charge in [-0.1, -0.05) is 51.1 Å². The van der Waals surface area contributed by atoms with Crippen LogP contribution in [0.4, 0.5) is 4.79 Å². The molecule has 0 unspecified atom stereocenters. The van der Waals surface area contributed by atoms with E-state index in [0.717, 1.165) is 12.1 Å². The number of hydrogen-bond donors (Lipinski definition) is 3. The summed E-state index contributed by atoms with van der Waals surface area (Å²) < 4.78 is 5.33. The predicted octanol–water partition coefficient (Wildman–Crippen LogP) is 3.12. The van der Waals surface area contributed by atoms with Gasteiger partial charge in [-0.2, -0.15) is 0 Å². The zero-order valence-electron chi connectivity index (χ0n) is 16.4. The number of rotatable bonds is 7. The summed E-state index contributed by atoms with van der Waals surface area (Å²) in [4.78, 5) is 12.1. The van der Waals surface area contributed by atoms with Crippen molar-refractivity contribution in [2.45, 2.75) is 65.7 Å². The molecule has 0 radical (unpaired) electrons. The maximum atomic E-state index is 12.1. The first-order chi connectivity index (χ1) is 11.5. The van der Waals surface area contributed by atoms with E-state index in [2.05, 4.69) is 31.4 Å². The number of ether oxygens (including phenoxy) is 1. The van der Waals surface area contributed by atoms with Crippen LogP contribution < -0.4 is 10.6 Å². The quantitative estimate of drug-likeness (QED) is 0.707. The molecular formula is C20H34N2O3. The summed E-state index contributed by atoms with van der Waals surface area (Å²) in [5, 5.41) is 16.7. The Morgan fingerprint density at radius 3 is 2.24 bits per heavy atom. The Kier molecular flexibility index (Phi) is 7.90. The third kappa shape index (κ3) is 10.1. The highest BCUT2D eigenvalue weighted by Crippen LogP contribution is 2.12. The highest BCUT2D eigenvalue weighted by atomic mass is 16.6. The molecule has 25 heavy (non-hydrogen) atoms. The summed E-state index contributed by atoms with van der Waals surface area (Å²) in [6.45, 7) is 13.0. The summed E-state index contributed by atoms with van der Waals surface area (Å²) in [5.74, 6) is 0. The number of benzene rings is 1. The normalized spacial score (nSPS) is 14.7. The van der Waals surface area contributed by atoms with E-state index >= 15 is 0 Å². The Morgan fingerprint density at radius 2 is 1.72 bits per heavy atom. The Morgan fingerprint density at radius 1 is 1.12 bits per heavy atom. The van der Waals surface area contributed by atoms with Crippen LogP contribution in [-0.2, 0) is 11.2 Å². The van der Waals surface area contributed by atoms with Crippen LogP contribution in [0.25, 0.3) is 0 Å². The fourth-order valence-electron chi connectivity index (χ4n) is 2.35. The van der Waals surface area contributed by atoms with Gasteiger partial charge in [-0.3, -0.25) is 0 Å². The van der Waals surface area contributed by atoms with Crippen LogP contribution >= 0.6 is 0 Å². The second-order valence-corrected chi connectivity index (χ2v) is 8.70. The molecule has 2 atom stereocenters. The Balaban J connectivity index is 2.71. The first-order valence-corrected chi connectivity index (χ1v) is 8.88. The molecule has 0 heterocycles. The fourth-order valence-corrected chi connectivity index (χ4v) is 2.35. The van der Waals surface area contributed by atoms with Crippen molar-refractivity contribution in [3.8, 4) is 0 Å². The monoisotopic (exact) mass is 350 g/mol. The molecule has 0 saturated heterocycles. The largest absolute Gasteiger partial charge is 0.444 e. The highest BCUT2D eigenvalue weighted by molar-refractivity contribution is 5.68. The number of carbonyl (C=O) groups is 1. The SMILES string of the molecule is CC(C)(C)CNC[C@@H](O)[C@H](Cc1ccccc1)NC(=O)OC(C)(C)C. The lowest BCUT2D eigenvalue weighted by atomic mass is 9.96. The molecule has 5 nitrogen and oxygen atoms in total. The molecule has 0 aliphatic heterocycles. The Labute approximate surface area is 152 Å². The van der Waals surface area contributed by atoms with E-state index in [1.54, 1.807) is 0 Å². The van der Waals surface area contributed by atoms with Gasteiger partial charge in [0.15, 0.2) is 0 Å². The lowest BCUT2D eigenvalue weighted by Crippen LogP contribution is -2.50. The second-order valence-electron chi connectivity index (χ2n) is 8.70. The molecule has 0 fully saturated rings. The van der Waals surface area contributed by atoms with E-state index < -0.39 is 23.8 Å². The minimum absolute atomic E-state index is 0.132. The number of alkyl carbamates (subject to hydrolysis) is 1. The predicted molar refractivity (Wildman–Crippen MR) is 102 cm³/mol. The van der Waals surface area contributed by atoms with E-state index in [-0.39, 0.29) is 5.41 Å². The van der Waals surface area contributed by atoms with Gasteiger partial charge in [-0.25, -0.2) is 4.79 Å². The molecule has 1 rings (SSSR count). The van der Waals surface area contributed by atoms with E-state index in [4.69, 9.17) is 4.74 Å². The van der Waals surface area contributed by atoms with Gasteiger partial charge in [0.1, 0.15) is 5.60 Å². The lowest BCUT2D eigenvalue weighted by molar-refractivity contribution is 0.0420. The maximum absolute atomic E-state index is 12.1. The van der Waals surface area contributed by atoms with Gasteiger partial charge in [0.25, 0.3) is 0 Å². The molecule has 0 aliphatic carbocycles. The van der Waals surface area contributed by atoms with Gasteiger partial charge in [0.05, 0.1) is 12.1 Å².